The van der Waals surface area contributed by atoms with Crippen molar-refractivity contribution >= 4 is 5.97 Å². The molecule has 0 aromatic heterocycles. The first-order valence-electron chi connectivity index (χ1n) is 13.4. The highest BCUT2D eigenvalue weighted by molar-refractivity contribution is 5.69. The molecule has 0 amide bonds. The number of esters is 1. The molecule has 0 saturated carbocycles. The molecule has 0 heterocycles. The van der Waals surface area contributed by atoms with Gasteiger partial charge >= 0.3 is 5.97 Å². The number of rotatable bonds is 28. The smallest absolute Gasteiger partial charge is 0.305 e. The molecule has 0 aliphatic heterocycles. The fourth-order valence-electron chi connectivity index (χ4n) is 3.16. The maximum Gasteiger partial charge on any atom is 0.305 e. The summed E-state index contributed by atoms with van der Waals surface area (Å²) in [6.45, 7) is 10.2. The molecule has 0 aromatic carbocycles. The van der Waals surface area contributed by atoms with Gasteiger partial charge in [-0.25, -0.2) is 0 Å². The lowest BCUT2D eigenvalue weighted by Gasteiger charge is -2.08. The Balaban J connectivity index is 3.03. The Morgan fingerprint density at radius 3 is 1.21 bits per heavy atom. The lowest BCUT2D eigenvalue weighted by molar-refractivity contribution is -0.145. The van der Waals surface area contributed by atoms with E-state index in [1.165, 1.54) is 57.8 Å². The molecule has 0 spiro atoms. The number of carbonyl (C=O) groups is 1. The van der Waals surface area contributed by atoms with Crippen LogP contribution in [0.15, 0.2) is 0 Å². The van der Waals surface area contributed by atoms with Crippen molar-refractivity contribution in [3.8, 4) is 0 Å². The van der Waals surface area contributed by atoms with E-state index >= 15 is 0 Å². The molecule has 0 rings (SSSR count). The van der Waals surface area contributed by atoms with E-state index in [9.17, 15) is 4.79 Å². The Kier molecular flexibility index (Phi) is 28.7. The van der Waals surface area contributed by atoms with E-state index in [0.717, 1.165) is 19.4 Å². The summed E-state index contributed by atoms with van der Waals surface area (Å²) in [5.74, 6) is -0.171. The van der Waals surface area contributed by atoms with Crippen LogP contribution < -0.4 is 0 Å². The molecule has 7 nitrogen and oxygen atoms in total. The fraction of sp³-hybridized carbons (Fsp3) is 0.962. The van der Waals surface area contributed by atoms with Gasteiger partial charge in [-0.15, -0.1) is 0 Å². The summed E-state index contributed by atoms with van der Waals surface area (Å²) in [5, 5.41) is 0. The first-order chi connectivity index (χ1) is 16.3. The van der Waals surface area contributed by atoms with Gasteiger partial charge in [0.25, 0.3) is 0 Å². The molecule has 0 atom stereocenters. The maximum absolute atomic E-state index is 11.1. The first kappa shape index (κ1) is 32.3. The quantitative estimate of drug-likeness (QED) is 0.112. The summed E-state index contributed by atoms with van der Waals surface area (Å²) >= 11 is 0. The molecule has 0 aromatic rings. The molecule has 0 fully saturated rings. The number of hydrogen-bond donors (Lipinski definition) is 0. The highest BCUT2D eigenvalue weighted by Crippen LogP contribution is 2.10. The standard InChI is InChI=1S/C26H52O7/c1-3-5-6-7-8-9-10-11-12-13-15-28-16-17-29-18-19-30-20-21-31-22-23-32-24-25-33-26(27)14-4-2/h3-25H2,1-2H3. The minimum Gasteiger partial charge on any atom is -0.463 e. The van der Waals surface area contributed by atoms with Crippen LogP contribution in [0, 0.1) is 0 Å². The average Bonchev–Trinajstić information content (AvgIpc) is 2.81. The van der Waals surface area contributed by atoms with Crippen molar-refractivity contribution in [2.45, 2.75) is 90.9 Å². The van der Waals surface area contributed by atoms with E-state index < -0.39 is 0 Å². The highest BCUT2D eigenvalue weighted by atomic mass is 16.6. The largest absolute Gasteiger partial charge is 0.463 e. The minimum atomic E-state index is -0.171. The van der Waals surface area contributed by atoms with E-state index in [4.69, 9.17) is 28.4 Å². The van der Waals surface area contributed by atoms with Crippen molar-refractivity contribution in [3.05, 3.63) is 0 Å². The Bertz CT molecular complexity index is 380. The second-order valence-electron chi connectivity index (χ2n) is 8.21. The third-order valence-corrected chi connectivity index (χ3v) is 5.08. The van der Waals surface area contributed by atoms with Crippen LogP contribution in [0.5, 0.6) is 0 Å². The van der Waals surface area contributed by atoms with Gasteiger partial charge < -0.3 is 28.4 Å². The molecule has 0 aliphatic rings. The van der Waals surface area contributed by atoms with Gasteiger partial charge in [0.2, 0.25) is 0 Å². The Labute approximate surface area is 203 Å². The van der Waals surface area contributed by atoms with E-state index in [2.05, 4.69) is 6.92 Å². The summed E-state index contributed by atoms with van der Waals surface area (Å²) in [6, 6.07) is 0. The SMILES string of the molecule is CCCCCCCCCCCCOCCOCCOCCOCCOCCOC(=O)CCC. The van der Waals surface area contributed by atoms with Crippen LogP contribution in [-0.4, -0.2) is 78.6 Å². The summed E-state index contributed by atoms with van der Waals surface area (Å²) in [5.41, 5.74) is 0. The van der Waals surface area contributed by atoms with Gasteiger partial charge in [-0.3, -0.25) is 4.79 Å². The molecule has 7 heteroatoms. The minimum absolute atomic E-state index is 0.171. The summed E-state index contributed by atoms with van der Waals surface area (Å²) in [4.78, 5) is 11.1. The Hall–Kier alpha value is -0.730. The molecule has 0 saturated heterocycles. The van der Waals surface area contributed by atoms with Crippen LogP contribution in [0.3, 0.4) is 0 Å². The van der Waals surface area contributed by atoms with Gasteiger partial charge in [0.05, 0.1) is 59.5 Å². The summed E-state index contributed by atoms with van der Waals surface area (Å²) in [7, 11) is 0. The van der Waals surface area contributed by atoms with Crippen molar-refractivity contribution in [2.24, 2.45) is 0 Å². The highest BCUT2D eigenvalue weighted by Gasteiger charge is 2.00. The third kappa shape index (κ3) is 29.2. The third-order valence-electron chi connectivity index (χ3n) is 5.08. The maximum atomic E-state index is 11.1. The number of unbranched alkanes of at least 4 members (excludes halogenated alkanes) is 9. The van der Waals surface area contributed by atoms with E-state index in [0.29, 0.717) is 72.5 Å². The zero-order valence-electron chi connectivity index (χ0n) is 21.6. The van der Waals surface area contributed by atoms with Crippen LogP contribution in [0.4, 0.5) is 0 Å². The fourth-order valence-corrected chi connectivity index (χ4v) is 3.16. The lowest BCUT2D eigenvalue weighted by atomic mass is 10.1. The van der Waals surface area contributed by atoms with Crippen LogP contribution in [0.25, 0.3) is 0 Å². The van der Waals surface area contributed by atoms with Crippen molar-refractivity contribution in [3.63, 3.8) is 0 Å². The van der Waals surface area contributed by atoms with Gasteiger partial charge in [0, 0.05) is 13.0 Å². The van der Waals surface area contributed by atoms with Crippen molar-refractivity contribution in [1.82, 2.24) is 0 Å². The topological polar surface area (TPSA) is 72.5 Å². The van der Waals surface area contributed by atoms with E-state index in [-0.39, 0.29) is 5.97 Å². The molecule has 0 radical (unpaired) electrons. The number of carbonyl (C=O) groups excluding carboxylic acids is 1. The average molecular weight is 477 g/mol. The van der Waals surface area contributed by atoms with Crippen LogP contribution in [0.1, 0.15) is 90.9 Å². The number of ether oxygens (including phenoxy) is 6. The molecule has 0 bridgehead atoms. The molecule has 33 heavy (non-hydrogen) atoms. The first-order valence-corrected chi connectivity index (χ1v) is 13.4. The van der Waals surface area contributed by atoms with Crippen LogP contribution in [0.2, 0.25) is 0 Å². The van der Waals surface area contributed by atoms with Gasteiger partial charge in [-0.1, -0.05) is 71.6 Å². The molecular formula is C26H52O7. The molecule has 0 N–H and O–H groups in total. The monoisotopic (exact) mass is 476 g/mol. The lowest BCUT2D eigenvalue weighted by Crippen LogP contribution is -2.15. The zero-order valence-corrected chi connectivity index (χ0v) is 21.6. The predicted molar refractivity (Wildman–Crippen MR) is 132 cm³/mol. The van der Waals surface area contributed by atoms with Crippen molar-refractivity contribution in [2.75, 3.05) is 72.7 Å². The van der Waals surface area contributed by atoms with E-state index in [1.807, 2.05) is 6.92 Å². The summed E-state index contributed by atoms with van der Waals surface area (Å²) < 4.78 is 32.3. The van der Waals surface area contributed by atoms with Gasteiger partial charge in [-0.05, 0) is 12.8 Å². The van der Waals surface area contributed by atoms with Crippen LogP contribution in [-0.2, 0) is 33.2 Å². The second-order valence-corrected chi connectivity index (χ2v) is 8.21. The molecule has 198 valence electrons. The molecule has 0 unspecified atom stereocenters. The molecule has 0 aliphatic carbocycles. The van der Waals surface area contributed by atoms with Gasteiger partial charge in [0.1, 0.15) is 6.61 Å². The Morgan fingerprint density at radius 1 is 0.424 bits per heavy atom. The van der Waals surface area contributed by atoms with Crippen molar-refractivity contribution < 1.29 is 33.2 Å². The van der Waals surface area contributed by atoms with Gasteiger partial charge in [0.15, 0.2) is 0 Å². The normalized spacial score (nSPS) is 11.2. The van der Waals surface area contributed by atoms with Crippen LogP contribution >= 0.6 is 0 Å². The zero-order chi connectivity index (χ0) is 24.1. The summed E-state index contributed by atoms with van der Waals surface area (Å²) in [6.07, 6.45) is 14.7. The van der Waals surface area contributed by atoms with E-state index in [1.54, 1.807) is 0 Å². The number of hydrogen-bond acceptors (Lipinski definition) is 7. The van der Waals surface area contributed by atoms with Crippen molar-refractivity contribution in [1.29, 1.82) is 0 Å². The predicted octanol–water partition coefficient (Wildman–Crippen LogP) is 5.33. The second kappa shape index (κ2) is 29.3. The van der Waals surface area contributed by atoms with Gasteiger partial charge in [-0.2, -0.15) is 0 Å². The molecular weight excluding hydrogens is 424 g/mol. The Morgan fingerprint density at radius 2 is 0.788 bits per heavy atom.